The SMILES string of the molecule is CCCCNCCSc1nnnn1-c1ccccc1. The van der Waals surface area contributed by atoms with Crippen LogP contribution >= 0.6 is 11.8 Å². The van der Waals surface area contributed by atoms with Gasteiger partial charge >= 0.3 is 0 Å². The molecule has 0 unspecified atom stereocenters. The Hall–Kier alpha value is -1.40. The molecule has 1 aromatic carbocycles. The highest BCUT2D eigenvalue weighted by atomic mass is 32.2. The van der Waals surface area contributed by atoms with Gasteiger partial charge in [-0.05, 0) is 35.5 Å². The third-order valence-electron chi connectivity index (χ3n) is 2.66. The maximum absolute atomic E-state index is 4.06. The standard InChI is InChI=1S/C13H19N5S/c1-2-3-9-14-10-11-19-13-15-16-17-18(13)12-7-5-4-6-8-12/h4-8,14H,2-3,9-11H2,1H3. The van der Waals surface area contributed by atoms with Crippen LogP contribution in [0, 0.1) is 0 Å². The number of benzene rings is 1. The normalized spacial score (nSPS) is 10.8. The van der Waals surface area contributed by atoms with Crippen LogP contribution in [0.4, 0.5) is 0 Å². The topological polar surface area (TPSA) is 55.6 Å². The van der Waals surface area contributed by atoms with Crippen molar-refractivity contribution >= 4 is 11.8 Å². The van der Waals surface area contributed by atoms with Crippen molar-refractivity contribution in [2.45, 2.75) is 24.9 Å². The van der Waals surface area contributed by atoms with Gasteiger partial charge < -0.3 is 5.32 Å². The molecule has 0 fully saturated rings. The molecule has 0 atom stereocenters. The number of hydrogen-bond acceptors (Lipinski definition) is 5. The number of thioether (sulfide) groups is 1. The molecule has 19 heavy (non-hydrogen) atoms. The monoisotopic (exact) mass is 277 g/mol. The van der Waals surface area contributed by atoms with Gasteiger partial charge in [-0.1, -0.05) is 43.3 Å². The van der Waals surface area contributed by atoms with Crippen molar-refractivity contribution in [2.75, 3.05) is 18.8 Å². The predicted molar refractivity (Wildman–Crippen MR) is 77.7 cm³/mol. The van der Waals surface area contributed by atoms with Gasteiger partial charge in [0.15, 0.2) is 0 Å². The molecule has 0 amide bonds. The van der Waals surface area contributed by atoms with Gasteiger partial charge in [-0.2, -0.15) is 4.68 Å². The Morgan fingerprint density at radius 1 is 1.21 bits per heavy atom. The summed E-state index contributed by atoms with van der Waals surface area (Å²) < 4.78 is 1.77. The van der Waals surface area contributed by atoms with Crippen molar-refractivity contribution in [3.8, 4) is 5.69 Å². The van der Waals surface area contributed by atoms with E-state index >= 15 is 0 Å². The molecule has 0 aliphatic carbocycles. The first-order chi connectivity index (χ1) is 9.42. The van der Waals surface area contributed by atoms with Gasteiger partial charge in [-0.25, -0.2) is 0 Å². The quantitative estimate of drug-likeness (QED) is 0.592. The van der Waals surface area contributed by atoms with Crippen molar-refractivity contribution in [1.29, 1.82) is 0 Å². The maximum Gasteiger partial charge on any atom is 0.214 e. The molecule has 0 spiro atoms. The second-order valence-electron chi connectivity index (χ2n) is 4.16. The van der Waals surface area contributed by atoms with Crippen LogP contribution in [-0.2, 0) is 0 Å². The van der Waals surface area contributed by atoms with E-state index in [0.717, 1.165) is 29.7 Å². The number of rotatable bonds is 8. The van der Waals surface area contributed by atoms with Crippen LogP contribution in [-0.4, -0.2) is 39.0 Å². The Morgan fingerprint density at radius 2 is 2.05 bits per heavy atom. The molecule has 1 aromatic heterocycles. The van der Waals surface area contributed by atoms with Crippen LogP contribution in [0.5, 0.6) is 0 Å². The summed E-state index contributed by atoms with van der Waals surface area (Å²) in [5.41, 5.74) is 0.994. The van der Waals surface area contributed by atoms with Crippen LogP contribution in [0.3, 0.4) is 0 Å². The van der Waals surface area contributed by atoms with Crippen molar-refractivity contribution < 1.29 is 0 Å². The molecule has 0 bridgehead atoms. The van der Waals surface area contributed by atoms with E-state index in [9.17, 15) is 0 Å². The zero-order valence-electron chi connectivity index (χ0n) is 11.1. The lowest BCUT2D eigenvalue weighted by atomic mass is 10.3. The number of tetrazole rings is 1. The maximum atomic E-state index is 4.06. The second kappa shape index (κ2) is 7.91. The minimum Gasteiger partial charge on any atom is -0.316 e. The van der Waals surface area contributed by atoms with E-state index in [1.807, 2.05) is 30.3 Å². The lowest BCUT2D eigenvalue weighted by Gasteiger charge is -2.04. The Balaban J connectivity index is 1.83. The molecule has 0 aliphatic heterocycles. The number of hydrogen-bond donors (Lipinski definition) is 1. The lowest BCUT2D eigenvalue weighted by molar-refractivity contribution is 0.665. The van der Waals surface area contributed by atoms with E-state index in [0.29, 0.717) is 0 Å². The van der Waals surface area contributed by atoms with Gasteiger partial charge in [0.2, 0.25) is 5.16 Å². The molecule has 1 heterocycles. The molecule has 102 valence electrons. The number of aromatic nitrogens is 4. The van der Waals surface area contributed by atoms with E-state index in [2.05, 4.69) is 27.8 Å². The molecule has 0 saturated carbocycles. The summed E-state index contributed by atoms with van der Waals surface area (Å²) in [5.74, 6) is 0.969. The molecular weight excluding hydrogens is 258 g/mol. The molecular formula is C13H19N5S. The van der Waals surface area contributed by atoms with E-state index in [-0.39, 0.29) is 0 Å². The fraction of sp³-hybridized carbons (Fsp3) is 0.462. The zero-order valence-corrected chi connectivity index (χ0v) is 11.9. The molecule has 0 aliphatic rings. The molecule has 6 heteroatoms. The van der Waals surface area contributed by atoms with Crippen LogP contribution in [0.2, 0.25) is 0 Å². The first-order valence-electron chi connectivity index (χ1n) is 6.59. The van der Waals surface area contributed by atoms with Crippen molar-refractivity contribution in [3.63, 3.8) is 0 Å². The Morgan fingerprint density at radius 3 is 2.84 bits per heavy atom. The third-order valence-corrected chi connectivity index (χ3v) is 3.58. The van der Waals surface area contributed by atoms with Gasteiger partial charge in [-0.3, -0.25) is 0 Å². The van der Waals surface area contributed by atoms with E-state index < -0.39 is 0 Å². The van der Waals surface area contributed by atoms with Crippen LogP contribution < -0.4 is 5.32 Å². The highest BCUT2D eigenvalue weighted by Crippen LogP contribution is 2.16. The summed E-state index contributed by atoms with van der Waals surface area (Å²) in [6.45, 7) is 4.26. The lowest BCUT2D eigenvalue weighted by Crippen LogP contribution is -2.18. The summed E-state index contributed by atoms with van der Waals surface area (Å²) in [5, 5.41) is 16.1. The molecule has 0 radical (unpaired) electrons. The van der Waals surface area contributed by atoms with E-state index in [1.165, 1.54) is 12.8 Å². The fourth-order valence-electron chi connectivity index (χ4n) is 1.64. The van der Waals surface area contributed by atoms with Crippen molar-refractivity contribution in [2.24, 2.45) is 0 Å². The average Bonchev–Trinajstić information content (AvgIpc) is 2.92. The van der Waals surface area contributed by atoms with E-state index in [1.54, 1.807) is 16.4 Å². The predicted octanol–water partition coefficient (Wildman–Crippen LogP) is 2.14. The molecule has 2 rings (SSSR count). The molecule has 5 nitrogen and oxygen atoms in total. The summed E-state index contributed by atoms with van der Waals surface area (Å²) in [4.78, 5) is 0. The number of unbranched alkanes of at least 4 members (excludes halogenated alkanes) is 1. The van der Waals surface area contributed by atoms with Crippen LogP contribution in [0.25, 0.3) is 5.69 Å². The summed E-state index contributed by atoms with van der Waals surface area (Å²) in [7, 11) is 0. The van der Waals surface area contributed by atoms with Crippen molar-refractivity contribution in [1.82, 2.24) is 25.5 Å². The van der Waals surface area contributed by atoms with Crippen LogP contribution in [0.1, 0.15) is 19.8 Å². The smallest absolute Gasteiger partial charge is 0.214 e. The van der Waals surface area contributed by atoms with Crippen molar-refractivity contribution in [3.05, 3.63) is 30.3 Å². The zero-order chi connectivity index (χ0) is 13.3. The van der Waals surface area contributed by atoms with E-state index in [4.69, 9.17) is 0 Å². The van der Waals surface area contributed by atoms with Gasteiger partial charge in [0.1, 0.15) is 0 Å². The number of nitrogens with one attached hydrogen (secondary N) is 1. The highest BCUT2D eigenvalue weighted by molar-refractivity contribution is 7.99. The fourth-order valence-corrected chi connectivity index (χ4v) is 2.43. The van der Waals surface area contributed by atoms with Crippen LogP contribution in [0.15, 0.2) is 35.5 Å². The Labute approximate surface area is 117 Å². The van der Waals surface area contributed by atoms with Gasteiger partial charge in [0.05, 0.1) is 5.69 Å². The highest BCUT2D eigenvalue weighted by Gasteiger charge is 2.07. The summed E-state index contributed by atoms with van der Waals surface area (Å²) in [6, 6.07) is 9.95. The van der Waals surface area contributed by atoms with Gasteiger partial charge in [0.25, 0.3) is 0 Å². The first-order valence-corrected chi connectivity index (χ1v) is 7.57. The Bertz CT molecular complexity index is 471. The minimum absolute atomic E-state index is 0.837. The Kier molecular flexibility index (Phi) is 5.84. The summed E-state index contributed by atoms with van der Waals surface area (Å²) >= 11 is 1.67. The molecule has 2 aromatic rings. The van der Waals surface area contributed by atoms with Gasteiger partial charge in [-0.15, -0.1) is 5.10 Å². The number of para-hydroxylation sites is 1. The largest absolute Gasteiger partial charge is 0.316 e. The minimum atomic E-state index is 0.837. The van der Waals surface area contributed by atoms with Gasteiger partial charge in [0, 0.05) is 12.3 Å². The molecule has 1 N–H and O–H groups in total. The first kappa shape index (κ1) is 14.0. The third kappa shape index (κ3) is 4.33. The second-order valence-corrected chi connectivity index (χ2v) is 5.22. The number of nitrogens with zero attached hydrogens (tertiary/aromatic N) is 4. The molecule has 0 saturated heterocycles. The summed E-state index contributed by atoms with van der Waals surface area (Å²) in [6.07, 6.45) is 2.46. The average molecular weight is 277 g/mol.